The van der Waals surface area contributed by atoms with Crippen molar-refractivity contribution in [2.24, 2.45) is 0 Å². The fourth-order valence-electron chi connectivity index (χ4n) is 3.99. The number of hydrogen-bond acceptors (Lipinski definition) is 5. The number of aromatic nitrogens is 2. The SMILES string of the molecule is O=C(O)c1ccccc1Nc1ncnc2scc(-c3ccc4c(c3)CCCC4)c12. The van der Waals surface area contributed by atoms with E-state index >= 15 is 0 Å². The number of aryl methyl sites for hydroxylation is 2. The number of para-hydroxylation sites is 1. The summed E-state index contributed by atoms with van der Waals surface area (Å²) in [5.74, 6) is -0.351. The Bertz CT molecular complexity index is 1230. The monoisotopic (exact) mass is 401 g/mol. The highest BCUT2D eigenvalue weighted by molar-refractivity contribution is 7.17. The third-order valence-electron chi connectivity index (χ3n) is 5.44. The molecule has 0 spiro atoms. The van der Waals surface area contributed by atoms with Crippen LogP contribution < -0.4 is 5.32 Å². The quantitative estimate of drug-likeness (QED) is 0.460. The maximum atomic E-state index is 11.6. The van der Waals surface area contributed by atoms with Gasteiger partial charge in [-0.05, 0) is 54.5 Å². The predicted molar refractivity (Wildman–Crippen MR) is 116 cm³/mol. The second-order valence-corrected chi connectivity index (χ2v) is 8.08. The topological polar surface area (TPSA) is 75.1 Å². The van der Waals surface area contributed by atoms with Gasteiger partial charge in [-0.25, -0.2) is 14.8 Å². The third kappa shape index (κ3) is 3.25. The summed E-state index contributed by atoms with van der Waals surface area (Å²) in [6, 6.07) is 13.6. The first-order chi connectivity index (χ1) is 14.2. The number of fused-ring (bicyclic) bond motifs is 2. The first-order valence-electron chi connectivity index (χ1n) is 9.64. The van der Waals surface area contributed by atoms with Crippen LogP contribution in [0.15, 0.2) is 54.2 Å². The number of aromatic carboxylic acids is 1. The standard InChI is InChI=1S/C23H19N3O2S/c27-23(28)17-7-3-4-8-19(17)26-21-20-18(12-29-22(20)25-13-24-21)16-10-9-14-5-1-2-6-15(14)11-16/h3-4,7-13H,1-2,5-6H2,(H,27,28)(H,24,25,26). The van der Waals surface area contributed by atoms with Crippen molar-refractivity contribution in [1.29, 1.82) is 0 Å². The zero-order valence-corrected chi connectivity index (χ0v) is 16.5. The van der Waals surface area contributed by atoms with Gasteiger partial charge in [-0.1, -0.05) is 30.3 Å². The predicted octanol–water partition coefficient (Wildman–Crippen LogP) is 5.68. The molecule has 6 heteroatoms. The molecule has 0 saturated carbocycles. The highest BCUT2D eigenvalue weighted by Gasteiger charge is 2.17. The molecular formula is C23H19N3O2S. The van der Waals surface area contributed by atoms with Crippen molar-refractivity contribution in [1.82, 2.24) is 9.97 Å². The van der Waals surface area contributed by atoms with Crippen molar-refractivity contribution in [3.63, 3.8) is 0 Å². The lowest BCUT2D eigenvalue weighted by molar-refractivity contribution is 0.0698. The van der Waals surface area contributed by atoms with Gasteiger partial charge in [0.1, 0.15) is 17.0 Å². The number of anilines is 2. The normalized spacial score (nSPS) is 13.2. The summed E-state index contributed by atoms with van der Waals surface area (Å²) in [6.07, 6.45) is 6.29. The molecule has 0 saturated heterocycles. The van der Waals surface area contributed by atoms with E-state index in [0.29, 0.717) is 11.5 Å². The van der Waals surface area contributed by atoms with Crippen molar-refractivity contribution < 1.29 is 9.90 Å². The van der Waals surface area contributed by atoms with Gasteiger partial charge in [0.25, 0.3) is 0 Å². The second kappa shape index (κ2) is 7.29. The van der Waals surface area contributed by atoms with Crippen LogP contribution >= 0.6 is 11.3 Å². The number of nitrogens with one attached hydrogen (secondary N) is 1. The molecule has 0 radical (unpaired) electrons. The second-order valence-electron chi connectivity index (χ2n) is 7.22. The van der Waals surface area contributed by atoms with Crippen LogP contribution in [0.1, 0.15) is 34.3 Å². The van der Waals surface area contributed by atoms with Crippen LogP contribution in [0.2, 0.25) is 0 Å². The Kier molecular flexibility index (Phi) is 4.48. The number of nitrogens with zero attached hydrogens (tertiary/aromatic N) is 2. The molecule has 0 atom stereocenters. The van der Waals surface area contributed by atoms with E-state index in [9.17, 15) is 9.90 Å². The maximum Gasteiger partial charge on any atom is 0.337 e. The Balaban J connectivity index is 1.62. The molecule has 0 aliphatic heterocycles. The molecule has 2 heterocycles. The summed E-state index contributed by atoms with van der Waals surface area (Å²) in [6.45, 7) is 0. The maximum absolute atomic E-state index is 11.6. The van der Waals surface area contributed by atoms with E-state index in [2.05, 4.69) is 38.9 Å². The summed E-state index contributed by atoms with van der Waals surface area (Å²) < 4.78 is 0. The first kappa shape index (κ1) is 17.8. The fourth-order valence-corrected chi connectivity index (χ4v) is 4.91. The van der Waals surface area contributed by atoms with Gasteiger partial charge in [0.15, 0.2) is 0 Å². The number of benzene rings is 2. The minimum atomic E-state index is -0.973. The molecule has 0 fully saturated rings. The van der Waals surface area contributed by atoms with Crippen molar-refractivity contribution in [3.05, 3.63) is 70.9 Å². The molecule has 0 unspecified atom stereocenters. The number of carboxylic acids is 1. The number of carbonyl (C=O) groups is 1. The summed E-state index contributed by atoms with van der Waals surface area (Å²) >= 11 is 1.57. The molecular weight excluding hydrogens is 382 g/mol. The highest BCUT2D eigenvalue weighted by atomic mass is 32.1. The lowest BCUT2D eigenvalue weighted by atomic mass is 9.89. The van der Waals surface area contributed by atoms with E-state index in [1.807, 2.05) is 6.07 Å². The number of rotatable bonds is 4. The van der Waals surface area contributed by atoms with Gasteiger partial charge in [0, 0.05) is 10.9 Å². The van der Waals surface area contributed by atoms with E-state index < -0.39 is 5.97 Å². The summed E-state index contributed by atoms with van der Waals surface area (Å²) in [7, 11) is 0. The average Bonchev–Trinajstić information content (AvgIpc) is 3.19. The molecule has 5 nitrogen and oxygen atoms in total. The molecule has 5 rings (SSSR count). The highest BCUT2D eigenvalue weighted by Crippen LogP contribution is 2.39. The van der Waals surface area contributed by atoms with E-state index in [-0.39, 0.29) is 5.56 Å². The van der Waals surface area contributed by atoms with Crippen LogP contribution in [-0.4, -0.2) is 21.0 Å². The van der Waals surface area contributed by atoms with Gasteiger partial charge >= 0.3 is 5.97 Å². The van der Waals surface area contributed by atoms with Gasteiger partial charge in [0.2, 0.25) is 0 Å². The molecule has 2 aromatic carbocycles. The minimum absolute atomic E-state index is 0.213. The summed E-state index contributed by atoms with van der Waals surface area (Å²) in [5.41, 5.74) is 5.84. The zero-order chi connectivity index (χ0) is 19.8. The van der Waals surface area contributed by atoms with Crippen molar-refractivity contribution in [2.45, 2.75) is 25.7 Å². The smallest absolute Gasteiger partial charge is 0.337 e. The first-order valence-corrected chi connectivity index (χ1v) is 10.5. The van der Waals surface area contributed by atoms with Crippen LogP contribution in [0.3, 0.4) is 0 Å². The van der Waals surface area contributed by atoms with Crippen LogP contribution in [0.4, 0.5) is 11.5 Å². The lowest BCUT2D eigenvalue weighted by Gasteiger charge is -2.17. The van der Waals surface area contributed by atoms with Crippen LogP contribution in [0.25, 0.3) is 21.3 Å². The Morgan fingerprint density at radius 2 is 1.86 bits per heavy atom. The van der Waals surface area contributed by atoms with Crippen LogP contribution in [0, 0.1) is 0 Å². The molecule has 29 heavy (non-hydrogen) atoms. The zero-order valence-electron chi connectivity index (χ0n) is 15.7. The fraction of sp³-hybridized carbons (Fsp3) is 0.174. The molecule has 1 aliphatic rings. The van der Waals surface area contributed by atoms with Gasteiger partial charge in [-0.15, -0.1) is 11.3 Å². The Hall–Kier alpha value is -3.25. The Labute approximate surface area is 172 Å². The van der Waals surface area contributed by atoms with E-state index in [1.54, 1.807) is 29.5 Å². The molecule has 144 valence electrons. The average molecular weight is 401 g/mol. The van der Waals surface area contributed by atoms with Gasteiger partial charge in [-0.3, -0.25) is 0 Å². The van der Waals surface area contributed by atoms with Crippen molar-refractivity contribution in [3.8, 4) is 11.1 Å². The lowest BCUT2D eigenvalue weighted by Crippen LogP contribution is -2.04. The molecule has 0 bridgehead atoms. The largest absolute Gasteiger partial charge is 0.478 e. The number of hydrogen-bond donors (Lipinski definition) is 2. The van der Waals surface area contributed by atoms with Gasteiger partial charge in [-0.2, -0.15) is 0 Å². The molecule has 0 amide bonds. The van der Waals surface area contributed by atoms with Crippen LogP contribution in [0.5, 0.6) is 0 Å². The van der Waals surface area contributed by atoms with Gasteiger partial charge in [0.05, 0.1) is 16.6 Å². The minimum Gasteiger partial charge on any atom is -0.478 e. The molecule has 2 aromatic heterocycles. The number of carboxylic acid groups (broad SMARTS) is 1. The van der Waals surface area contributed by atoms with Crippen molar-refractivity contribution >= 4 is 39.0 Å². The number of thiophene rings is 1. The third-order valence-corrected chi connectivity index (χ3v) is 6.33. The Morgan fingerprint density at radius 1 is 1.03 bits per heavy atom. The summed E-state index contributed by atoms with van der Waals surface area (Å²) in [5, 5.41) is 15.8. The molecule has 1 aliphatic carbocycles. The van der Waals surface area contributed by atoms with E-state index in [0.717, 1.165) is 34.2 Å². The Morgan fingerprint density at radius 3 is 2.72 bits per heavy atom. The van der Waals surface area contributed by atoms with Crippen molar-refractivity contribution in [2.75, 3.05) is 5.32 Å². The van der Waals surface area contributed by atoms with E-state index in [4.69, 9.17) is 0 Å². The van der Waals surface area contributed by atoms with E-state index in [1.165, 1.54) is 30.3 Å². The molecule has 4 aromatic rings. The van der Waals surface area contributed by atoms with Gasteiger partial charge < -0.3 is 10.4 Å². The van der Waals surface area contributed by atoms with Crippen LogP contribution in [-0.2, 0) is 12.8 Å². The summed E-state index contributed by atoms with van der Waals surface area (Å²) in [4.78, 5) is 21.3. The molecule has 2 N–H and O–H groups in total.